The van der Waals surface area contributed by atoms with E-state index in [-0.39, 0.29) is 18.6 Å². The Morgan fingerprint density at radius 2 is 2.00 bits per heavy atom. The van der Waals surface area contributed by atoms with Gasteiger partial charge in [-0.2, -0.15) is 5.10 Å². The minimum atomic E-state index is -0.155. The minimum absolute atomic E-state index is 0.00565. The lowest BCUT2D eigenvalue weighted by atomic mass is 10.1. The molecule has 1 rings (SSSR count). The highest BCUT2D eigenvalue weighted by molar-refractivity contribution is 5.92. The van der Waals surface area contributed by atoms with Crippen LogP contribution in [0.25, 0.3) is 0 Å². The summed E-state index contributed by atoms with van der Waals surface area (Å²) in [4.78, 5) is 12.2. The second-order valence-corrected chi connectivity index (χ2v) is 5.18. The number of amides is 1. The van der Waals surface area contributed by atoms with Gasteiger partial charge in [-0.1, -0.05) is 20.8 Å². The van der Waals surface area contributed by atoms with Gasteiger partial charge in [-0.3, -0.25) is 9.48 Å². The van der Waals surface area contributed by atoms with Crippen LogP contribution in [-0.4, -0.2) is 33.4 Å². The first-order valence-electron chi connectivity index (χ1n) is 7.55. The smallest absolute Gasteiger partial charge is 0.272 e. The Kier molecular flexibility index (Phi) is 6.71. The number of nitrogens with zero attached hydrogens (tertiary/aromatic N) is 2. The number of carbonyl (C=O) groups excluding carboxylic acids is 1. The van der Waals surface area contributed by atoms with Crippen LogP contribution < -0.4 is 5.32 Å². The van der Waals surface area contributed by atoms with Gasteiger partial charge in [0.2, 0.25) is 0 Å². The Bertz CT molecular complexity index is 425. The molecule has 5 heteroatoms. The molecular formula is C15H27N3O2. The quantitative estimate of drug-likeness (QED) is 0.769. The molecule has 1 aromatic rings. The van der Waals surface area contributed by atoms with Crippen LogP contribution in [0.15, 0.2) is 6.07 Å². The topological polar surface area (TPSA) is 67.2 Å². The first-order chi connectivity index (χ1) is 9.57. The lowest BCUT2D eigenvalue weighted by Gasteiger charge is -2.15. The van der Waals surface area contributed by atoms with Gasteiger partial charge in [0.15, 0.2) is 0 Å². The fourth-order valence-electron chi connectivity index (χ4n) is 2.40. The fourth-order valence-corrected chi connectivity index (χ4v) is 2.40. The summed E-state index contributed by atoms with van der Waals surface area (Å²) in [5.41, 5.74) is 1.48. The predicted molar refractivity (Wildman–Crippen MR) is 79.8 cm³/mol. The van der Waals surface area contributed by atoms with E-state index < -0.39 is 0 Å². The van der Waals surface area contributed by atoms with Crippen molar-refractivity contribution in [1.82, 2.24) is 15.1 Å². The molecule has 1 unspecified atom stereocenters. The normalized spacial score (nSPS) is 12.7. The van der Waals surface area contributed by atoms with Crippen molar-refractivity contribution >= 4 is 5.91 Å². The molecule has 1 amide bonds. The summed E-state index contributed by atoms with van der Waals surface area (Å²) in [7, 11) is 0. The number of aliphatic hydroxyl groups excluding tert-OH is 1. The number of aliphatic hydroxyl groups is 1. The van der Waals surface area contributed by atoms with Crippen molar-refractivity contribution in [3.63, 3.8) is 0 Å². The molecular weight excluding hydrogens is 254 g/mol. The molecule has 1 aromatic heterocycles. The summed E-state index contributed by atoms with van der Waals surface area (Å²) in [5.74, 6) is -0.155. The Hall–Kier alpha value is -1.36. The van der Waals surface area contributed by atoms with Crippen LogP contribution in [0, 0.1) is 6.92 Å². The summed E-state index contributed by atoms with van der Waals surface area (Å²) in [5, 5.41) is 16.3. The maximum Gasteiger partial charge on any atom is 0.272 e. The number of aryl methyl sites for hydroxylation is 1. The van der Waals surface area contributed by atoms with Gasteiger partial charge in [0, 0.05) is 18.3 Å². The van der Waals surface area contributed by atoms with E-state index in [1.165, 1.54) is 0 Å². The van der Waals surface area contributed by atoms with Crippen LogP contribution in [-0.2, 0) is 0 Å². The van der Waals surface area contributed by atoms with Crippen LogP contribution in [0.4, 0.5) is 0 Å². The number of nitrogens with one attached hydrogen (secondary N) is 1. The largest absolute Gasteiger partial charge is 0.396 e. The van der Waals surface area contributed by atoms with Gasteiger partial charge in [-0.25, -0.2) is 0 Å². The number of aromatic nitrogens is 2. The van der Waals surface area contributed by atoms with E-state index >= 15 is 0 Å². The number of hydrogen-bond acceptors (Lipinski definition) is 3. The highest BCUT2D eigenvalue weighted by atomic mass is 16.3. The zero-order valence-corrected chi connectivity index (χ0v) is 13.0. The Morgan fingerprint density at radius 1 is 1.35 bits per heavy atom. The highest BCUT2D eigenvalue weighted by Gasteiger charge is 2.18. The van der Waals surface area contributed by atoms with Gasteiger partial charge >= 0.3 is 0 Å². The monoisotopic (exact) mass is 281 g/mol. The number of carbonyl (C=O) groups is 1. The van der Waals surface area contributed by atoms with E-state index in [9.17, 15) is 4.79 Å². The van der Waals surface area contributed by atoms with Crippen molar-refractivity contribution in [2.45, 2.75) is 65.5 Å². The van der Waals surface area contributed by atoms with Crippen LogP contribution in [0.5, 0.6) is 0 Å². The number of rotatable bonds is 8. The molecule has 2 N–H and O–H groups in total. The van der Waals surface area contributed by atoms with Gasteiger partial charge in [0.05, 0.1) is 6.04 Å². The molecule has 0 aliphatic rings. The fraction of sp³-hybridized carbons (Fsp3) is 0.733. The first-order valence-corrected chi connectivity index (χ1v) is 7.55. The summed E-state index contributed by atoms with van der Waals surface area (Å²) in [6.07, 6.45) is 3.39. The van der Waals surface area contributed by atoms with Gasteiger partial charge in [0.1, 0.15) is 5.69 Å². The van der Waals surface area contributed by atoms with Crippen LogP contribution in [0.3, 0.4) is 0 Å². The Morgan fingerprint density at radius 3 is 2.50 bits per heavy atom. The standard InChI is InChI=1S/C15H27N3O2/c1-5-12(8-9-19)16-15(20)14-10-11(4)18(17-14)13(6-2)7-3/h10,12-13,19H,5-9H2,1-4H3,(H,16,20). The molecule has 20 heavy (non-hydrogen) atoms. The summed E-state index contributed by atoms with van der Waals surface area (Å²) in [6, 6.07) is 2.18. The average molecular weight is 281 g/mol. The maximum absolute atomic E-state index is 12.2. The lowest BCUT2D eigenvalue weighted by Crippen LogP contribution is -2.35. The third-order valence-corrected chi connectivity index (χ3v) is 3.75. The molecule has 0 aromatic carbocycles. The Labute approximate surface area is 121 Å². The molecule has 5 nitrogen and oxygen atoms in total. The third kappa shape index (κ3) is 4.07. The van der Waals surface area contributed by atoms with Crippen molar-refractivity contribution in [1.29, 1.82) is 0 Å². The maximum atomic E-state index is 12.2. The molecule has 0 aliphatic heterocycles. The van der Waals surface area contributed by atoms with Gasteiger partial charge < -0.3 is 10.4 Å². The molecule has 1 atom stereocenters. The third-order valence-electron chi connectivity index (χ3n) is 3.75. The molecule has 1 heterocycles. The molecule has 0 spiro atoms. The van der Waals surface area contributed by atoms with Gasteiger partial charge in [-0.15, -0.1) is 0 Å². The van der Waals surface area contributed by atoms with Crippen molar-refractivity contribution in [2.24, 2.45) is 0 Å². The summed E-state index contributed by atoms with van der Waals surface area (Å²) >= 11 is 0. The van der Waals surface area contributed by atoms with E-state index in [0.717, 1.165) is 25.0 Å². The summed E-state index contributed by atoms with van der Waals surface area (Å²) < 4.78 is 1.95. The van der Waals surface area contributed by atoms with Crippen molar-refractivity contribution in [2.75, 3.05) is 6.61 Å². The van der Waals surface area contributed by atoms with E-state index in [0.29, 0.717) is 18.2 Å². The van der Waals surface area contributed by atoms with Crippen LogP contribution >= 0.6 is 0 Å². The zero-order valence-electron chi connectivity index (χ0n) is 13.0. The molecule has 0 fully saturated rings. The van der Waals surface area contributed by atoms with Gasteiger partial charge in [-0.05, 0) is 38.7 Å². The molecule has 0 radical (unpaired) electrons. The van der Waals surface area contributed by atoms with Crippen molar-refractivity contribution in [3.05, 3.63) is 17.5 Å². The van der Waals surface area contributed by atoms with Gasteiger partial charge in [0.25, 0.3) is 5.91 Å². The molecule has 0 saturated carbocycles. The average Bonchev–Trinajstić information content (AvgIpc) is 2.82. The van der Waals surface area contributed by atoms with Crippen molar-refractivity contribution in [3.8, 4) is 0 Å². The molecule has 114 valence electrons. The van der Waals surface area contributed by atoms with Crippen LogP contribution in [0.2, 0.25) is 0 Å². The van der Waals surface area contributed by atoms with E-state index in [1.807, 2.05) is 24.6 Å². The molecule has 0 aliphatic carbocycles. The lowest BCUT2D eigenvalue weighted by molar-refractivity contribution is 0.0922. The molecule has 0 saturated heterocycles. The van der Waals surface area contributed by atoms with E-state index in [2.05, 4.69) is 24.3 Å². The number of hydrogen-bond donors (Lipinski definition) is 2. The minimum Gasteiger partial charge on any atom is -0.396 e. The second-order valence-electron chi connectivity index (χ2n) is 5.18. The SMILES string of the molecule is CCC(CCO)NC(=O)c1cc(C)n(C(CC)CC)n1. The summed E-state index contributed by atoms with van der Waals surface area (Å²) in [6.45, 7) is 8.31. The first kappa shape index (κ1) is 16.7. The van der Waals surface area contributed by atoms with E-state index in [1.54, 1.807) is 0 Å². The second kappa shape index (κ2) is 8.04. The van der Waals surface area contributed by atoms with Crippen LogP contribution in [0.1, 0.15) is 68.7 Å². The zero-order chi connectivity index (χ0) is 15.1. The highest BCUT2D eigenvalue weighted by Crippen LogP contribution is 2.18. The predicted octanol–water partition coefficient (Wildman–Crippen LogP) is 2.44. The molecule has 0 bridgehead atoms. The van der Waals surface area contributed by atoms with E-state index in [4.69, 9.17) is 5.11 Å². The Balaban J connectivity index is 2.81. The van der Waals surface area contributed by atoms with Crippen molar-refractivity contribution < 1.29 is 9.90 Å².